The zero-order chi connectivity index (χ0) is 12.1. The largest absolute Gasteiger partial charge is 0.338 e. The second-order valence-electron chi connectivity index (χ2n) is 6.97. The number of fused-ring (bicyclic) bond motifs is 2. The second kappa shape index (κ2) is 4.43. The lowest BCUT2D eigenvalue weighted by atomic mass is 9.65. The van der Waals surface area contributed by atoms with Gasteiger partial charge < -0.3 is 10.6 Å². The Hall–Kier alpha value is -0.280. The van der Waals surface area contributed by atoms with E-state index in [4.69, 9.17) is 5.73 Å². The van der Waals surface area contributed by atoms with Gasteiger partial charge in [-0.15, -0.1) is 12.4 Å². The van der Waals surface area contributed by atoms with Crippen LogP contribution in [0, 0.1) is 10.8 Å². The van der Waals surface area contributed by atoms with Crippen molar-refractivity contribution in [3.63, 3.8) is 0 Å². The topological polar surface area (TPSA) is 46.3 Å². The van der Waals surface area contributed by atoms with Crippen LogP contribution in [0.5, 0.6) is 0 Å². The van der Waals surface area contributed by atoms with Crippen molar-refractivity contribution in [2.75, 3.05) is 6.54 Å². The van der Waals surface area contributed by atoms with Crippen LogP contribution in [-0.4, -0.2) is 29.4 Å². The van der Waals surface area contributed by atoms with E-state index in [0.717, 1.165) is 19.4 Å². The minimum atomic E-state index is -0.355. The molecule has 0 aromatic rings. The van der Waals surface area contributed by atoms with Gasteiger partial charge in [-0.1, -0.05) is 20.8 Å². The smallest absolute Gasteiger partial charge is 0.239 e. The average molecular weight is 261 g/mol. The summed E-state index contributed by atoms with van der Waals surface area (Å²) in [6.07, 6.45) is 3.51. The molecular formula is C13H25ClN2O. The standard InChI is InChI=1S/C13H24N2O.ClH/c1-9(14)11(16)15-8-13(4)6-10(15)5-12(2,3)7-13;/h9-10H,5-8,14H2,1-4H3;1H/t9-,10?,13?;/m1./s1. The molecule has 100 valence electrons. The van der Waals surface area contributed by atoms with E-state index in [0.29, 0.717) is 16.9 Å². The maximum absolute atomic E-state index is 12.0. The quantitative estimate of drug-likeness (QED) is 0.786. The molecule has 1 saturated heterocycles. The van der Waals surface area contributed by atoms with Crippen LogP contribution in [0.2, 0.25) is 0 Å². The Morgan fingerprint density at radius 2 is 1.94 bits per heavy atom. The number of carbonyl (C=O) groups is 1. The summed E-state index contributed by atoms with van der Waals surface area (Å²) in [7, 11) is 0. The number of halogens is 1. The minimum Gasteiger partial charge on any atom is -0.338 e. The van der Waals surface area contributed by atoms with Crippen molar-refractivity contribution in [1.82, 2.24) is 4.90 Å². The van der Waals surface area contributed by atoms with Gasteiger partial charge in [0.1, 0.15) is 0 Å². The average Bonchev–Trinajstić information content (AvgIpc) is 2.33. The predicted molar refractivity (Wildman–Crippen MR) is 72.1 cm³/mol. The molecule has 1 amide bonds. The third-order valence-corrected chi connectivity index (χ3v) is 4.09. The molecule has 2 aliphatic rings. The van der Waals surface area contributed by atoms with E-state index in [2.05, 4.69) is 20.8 Å². The van der Waals surface area contributed by atoms with E-state index >= 15 is 0 Å². The SMILES string of the molecule is C[C@@H](N)C(=O)N1CC2(C)CC1CC(C)(C)C2.Cl. The van der Waals surface area contributed by atoms with Gasteiger partial charge in [0, 0.05) is 12.6 Å². The zero-order valence-corrected chi connectivity index (χ0v) is 12.1. The number of nitrogens with zero attached hydrogens (tertiary/aromatic N) is 1. The Balaban J connectivity index is 0.00000144. The molecule has 2 N–H and O–H groups in total. The highest BCUT2D eigenvalue weighted by molar-refractivity contribution is 5.85. The van der Waals surface area contributed by atoms with Crippen molar-refractivity contribution in [2.45, 2.75) is 59.0 Å². The maximum atomic E-state index is 12.0. The van der Waals surface area contributed by atoms with Crippen LogP contribution in [0.15, 0.2) is 0 Å². The van der Waals surface area contributed by atoms with Crippen LogP contribution < -0.4 is 5.73 Å². The molecule has 1 aliphatic carbocycles. The van der Waals surface area contributed by atoms with E-state index in [9.17, 15) is 4.79 Å². The molecule has 3 nitrogen and oxygen atoms in total. The third-order valence-electron chi connectivity index (χ3n) is 4.09. The van der Waals surface area contributed by atoms with Gasteiger partial charge >= 0.3 is 0 Å². The predicted octanol–water partition coefficient (Wildman–Crippen LogP) is 2.18. The fourth-order valence-corrected chi connectivity index (χ4v) is 3.98. The van der Waals surface area contributed by atoms with E-state index in [1.54, 1.807) is 6.92 Å². The van der Waals surface area contributed by atoms with Crippen molar-refractivity contribution < 1.29 is 4.79 Å². The first kappa shape index (κ1) is 14.8. The van der Waals surface area contributed by atoms with Crippen molar-refractivity contribution in [3.8, 4) is 0 Å². The fraction of sp³-hybridized carbons (Fsp3) is 0.923. The molecule has 2 rings (SSSR count). The summed E-state index contributed by atoms with van der Waals surface area (Å²) in [5, 5.41) is 0. The summed E-state index contributed by atoms with van der Waals surface area (Å²) in [4.78, 5) is 14.1. The normalized spacial score (nSPS) is 36.3. The number of carbonyl (C=O) groups excluding carboxylic acids is 1. The van der Waals surface area contributed by atoms with Gasteiger partial charge in [0.05, 0.1) is 6.04 Å². The summed E-state index contributed by atoms with van der Waals surface area (Å²) >= 11 is 0. The van der Waals surface area contributed by atoms with E-state index < -0.39 is 0 Å². The molecule has 1 aliphatic heterocycles. The Morgan fingerprint density at radius 3 is 2.47 bits per heavy atom. The molecule has 1 heterocycles. The lowest BCUT2D eigenvalue weighted by Crippen LogP contribution is -2.45. The maximum Gasteiger partial charge on any atom is 0.239 e. The van der Waals surface area contributed by atoms with Gasteiger partial charge in [-0.05, 0) is 37.0 Å². The summed E-state index contributed by atoms with van der Waals surface area (Å²) in [5.74, 6) is 0.131. The van der Waals surface area contributed by atoms with Gasteiger partial charge in [0.15, 0.2) is 0 Å². The molecule has 0 aromatic carbocycles. The number of likely N-dealkylation sites (tertiary alicyclic amines) is 1. The van der Waals surface area contributed by atoms with Gasteiger partial charge in [-0.25, -0.2) is 0 Å². The molecule has 2 unspecified atom stereocenters. The highest BCUT2D eigenvalue weighted by Gasteiger charge is 2.51. The molecular weight excluding hydrogens is 236 g/mol. The highest BCUT2D eigenvalue weighted by atomic mass is 35.5. The molecule has 4 heteroatoms. The Labute approximate surface area is 111 Å². The number of rotatable bonds is 1. The van der Waals surface area contributed by atoms with Gasteiger partial charge in [-0.3, -0.25) is 4.79 Å². The first-order valence-corrected chi connectivity index (χ1v) is 6.29. The summed E-state index contributed by atoms with van der Waals surface area (Å²) in [5.41, 5.74) is 6.40. The fourth-order valence-electron chi connectivity index (χ4n) is 3.98. The first-order chi connectivity index (χ1) is 7.22. The van der Waals surface area contributed by atoms with Crippen molar-refractivity contribution >= 4 is 18.3 Å². The lowest BCUT2D eigenvalue weighted by Gasteiger charge is -2.39. The molecule has 0 radical (unpaired) electrons. The summed E-state index contributed by atoms with van der Waals surface area (Å²) in [6.45, 7) is 9.64. The van der Waals surface area contributed by atoms with Crippen LogP contribution in [0.4, 0.5) is 0 Å². The Kier molecular flexibility index (Phi) is 3.85. The molecule has 17 heavy (non-hydrogen) atoms. The molecule has 0 aromatic heterocycles. The van der Waals surface area contributed by atoms with Crippen molar-refractivity contribution in [1.29, 1.82) is 0 Å². The summed E-state index contributed by atoms with van der Waals surface area (Å²) in [6, 6.07) is 0.0679. The van der Waals surface area contributed by atoms with Crippen molar-refractivity contribution in [3.05, 3.63) is 0 Å². The van der Waals surface area contributed by atoms with Crippen LogP contribution in [0.3, 0.4) is 0 Å². The molecule has 0 spiro atoms. The van der Waals surface area contributed by atoms with E-state index in [1.165, 1.54) is 6.42 Å². The lowest BCUT2D eigenvalue weighted by molar-refractivity contribution is -0.133. The van der Waals surface area contributed by atoms with Crippen LogP contribution in [0.25, 0.3) is 0 Å². The molecule has 3 atom stereocenters. The minimum absolute atomic E-state index is 0. The van der Waals surface area contributed by atoms with Gasteiger partial charge in [0.25, 0.3) is 0 Å². The number of hydrogen-bond acceptors (Lipinski definition) is 2. The third kappa shape index (κ3) is 2.76. The van der Waals surface area contributed by atoms with Crippen LogP contribution in [-0.2, 0) is 4.79 Å². The van der Waals surface area contributed by atoms with Gasteiger partial charge in [0.2, 0.25) is 5.91 Å². The Morgan fingerprint density at radius 1 is 1.35 bits per heavy atom. The second-order valence-corrected chi connectivity index (χ2v) is 6.97. The zero-order valence-electron chi connectivity index (χ0n) is 11.3. The summed E-state index contributed by atoms with van der Waals surface area (Å²) < 4.78 is 0. The number of nitrogens with two attached hydrogens (primary N) is 1. The van der Waals surface area contributed by atoms with E-state index in [-0.39, 0.29) is 24.4 Å². The molecule has 2 fully saturated rings. The highest BCUT2D eigenvalue weighted by Crippen LogP contribution is 2.52. The first-order valence-electron chi connectivity index (χ1n) is 6.29. The number of amides is 1. The van der Waals surface area contributed by atoms with Crippen molar-refractivity contribution in [2.24, 2.45) is 16.6 Å². The molecule has 2 bridgehead atoms. The van der Waals surface area contributed by atoms with Crippen LogP contribution in [0.1, 0.15) is 47.0 Å². The molecule has 1 saturated carbocycles. The number of hydrogen-bond donors (Lipinski definition) is 1. The van der Waals surface area contributed by atoms with Crippen LogP contribution >= 0.6 is 12.4 Å². The van der Waals surface area contributed by atoms with E-state index in [1.807, 2.05) is 4.90 Å². The Bertz CT molecular complexity index is 317. The monoisotopic (exact) mass is 260 g/mol. The van der Waals surface area contributed by atoms with Gasteiger partial charge in [-0.2, -0.15) is 0 Å².